The summed E-state index contributed by atoms with van der Waals surface area (Å²) in [6, 6.07) is 3.23. The maximum atomic E-state index is 14.1. The molecule has 0 fully saturated rings. The molecule has 1 aromatic carbocycles. The van der Waals surface area contributed by atoms with Crippen LogP contribution in [0, 0.1) is 5.82 Å². The molecule has 0 aliphatic heterocycles. The Morgan fingerprint density at radius 1 is 1.41 bits per heavy atom. The molecule has 17 heavy (non-hydrogen) atoms. The van der Waals surface area contributed by atoms with Gasteiger partial charge in [0.1, 0.15) is 10.7 Å². The van der Waals surface area contributed by atoms with Gasteiger partial charge in [-0.15, -0.1) is 0 Å². The molecule has 1 aromatic heterocycles. The standard InChI is InChI=1S/C10H6Br2FN3S/c11-5-3-15-16(4-5)7-2-1-6(10(14)17)8(12)9(7)13/h1-4H,(H2,14,17). The Labute approximate surface area is 119 Å². The lowest BCUT2D eigenvalue weighted by atomic mass is 10.2. The zero-order valence-corrected chi connectivity index (χ0v) is 12.3. The molecule has 0 aliphatic carbocycles. The first kappa shape index (κ1) is 12.7. The fourth-order valence-corrected chi connectivity index (χ4v) is 2.47. The lowest BCUT2D eigenvalue weighted by Gasteiger charge is -2.08. The molecule has 2 aromatic rings. The molecule has 0 atom stereocenters. The van der Waals surface area contributed by atoms with Crippen LogP contribution in [0.25, 0.3) is 5.69 Å². The molecule has 0 amide bonds. The van der Waals surface area contributed by atoms with E-state index in [1.807, 2.05) is 0 Å². The highest BCUT2D eigenvalue weighted by Crippen LogP contribution is 2.26. The van der Waals surface area contributed by atoms with Crippen molar-refractivity contribution in [3.8, 4) is 5.69 Å². The first-order valence-electron chi connectivity index (χ1n) is 4.49. The van der Waals surface area contributed by atoms with Crippen molar-refractivity contribution < 1.29 is 4.39 Å². The SMILES string of the molecule is NC(=S)c1ccc(-n2cc(Br)cn2)c(F)c1Br. The number of benzene rings is 1. The van der Waals surface area contributed by atoms with Gasteiger partial charge in [-0.3, -0.25) is 0 Å². The maximum Gasteiger partial charge on any atom is 0.163 e. The lowest BCUT2D eigenvalue weighted by molar-refractivity contribution is 0.604. The number of rotatable bonds is 2. The molecule has 2 rings (SSSR count). The van der Waals surface area contributed by atoms with E-state index in [0.717, 1.165) is 4.47 Å². The smallest absolute Gasteiger partial charge is 0.163 e. The van der Waals surface area contributed by atoms with Gasteiger partial charge in [0, 0.05) is 11.8 Å². The van der Waals surface area contributed by atoms with Crippen LogP contribution >= 0.6 is 44.1 Å². The van der Waals surface area contributed by atoms with Crippen LogP contribution in [0.5, 0.6) is 0 Å². The Bertz CT molecular complexity index is 597. The van der Waals surface area contributed by atoms with Gasteiger partial charge < -0.3 is 5.73 Å². The van der Waals surface area contributed by atoms with E-state index in [4.69, 9.17) is 18.0 Å². The van der Waals surface area contributed by atoms with Gasteiger partial charge in [0.15, 0.2) is 5.82 Å². The zero-order valence-electron chi connectivity index (χ0n) is 8.32. The Hall–Kier alpha value is -0.790. The van der Waals surface area contributed by atoms with Crippen molar-refractivity contribution in [1.29, 1.82) is 0 Å². The first-order chi connectivity index (χ1) is 8.00. The maximum absolute atomic E-state index is 14.1. The van der Waals surface area contributed by atoms with Crippen molar-refractivity contribution in [2.24, 2.45) is 5.73 Å². The quantitative estimate of drug-likeness (QED) is 0.816. The van der Waals surface area contributed by atoms with Crippen LogP contribution in [0.1, 0.15) is 5.56 Å². The second-order valence-corrected chi connectivity index (χ2v) is 5.38. The van der Waals surface area contributed by atoms with Gasteiger partial charge in [0.2, 0.25) is 0 Å². The van der Waals surface area contributed by atoms with Crippen LogP contribution in [-0.2, 0) is 0 Å². The monoisotopic (exact) mass is 377 g/mol. The summed E-state index contributed by atoms with van der Waals surface area (Å²) in [6.07, 6.45) is 3.24. The van der Waals surface area contributed by atoms with Gasteiger partial charge in [-0.1, -0.05) is 12.2 Å². The van der Waals surface area contributed by atoms with Gasteiger partial charge in [0.25, 0.3) is 0 Å². The number of hydrogen-bond acceptors (Lipinski definition) is 2. The van der Waals surface area contributed by atoms with Crippen molar-refractivity contribution in [1.82, 2.24) is 9.78 Å². The van der Waals surface area contributed by atoms with E-state index >= 15 is 0 Å². The second kappa shape index (κ2) is 4.83. The molecule has 0 aliphatic rings. The minimum absolute atomic E-state index is 0.143. The lowest BCUT2D eigenvalue weighted by Crippen LogP contribution is -2.12. The molecule has 7 heteroatoms. The molecule has 2 N–H and O–H groups in total. The molecule has 3 nitrogen and oxygen atoms in total. The van der Waals surface area contributed by atoms with Gasteiger partial charge >= 0.3 is 0 Å². The minimum Gasteiger partial charge on any atom is -0.389 e. The number of nitrogens with two attached hydrogens (primary N) is 1. The number of nitrogens with zero attached hydrogens (tertiary/aromatic N) is 2. The van der Waals surface area contributed by atoms with Crippen LogP contribution in [0.2, 0.25) is 0 Å². The van der Waals surface area contributed by atoms with Crippen molar-refractivity contribution >= 4 is 49.1 Å². The van der Waals surface area contributed by atoms with E-state index in [1.54, 1.807) is 24.5 Å². The van der Waals surface area contributed by atoms with Crippen molar-refractivity contribution in [3.05, 3.63) is 44.9 Å². The van der Waals surface area contributed by atoms with Crippen LogP contribution in [-0.4, -0.2) is 14.8 Å². The molecule has 0 spiro atoms. The van der Waals surface area contributed by atoms with E-state index in [1.165, 1.54) is 4.68 Å². The van der Waals surface area contributed by atoms with E-state index in [-0.39, 0.29) is 9.46 Å². The fourth-order valence-electron chi connectivity index (χ4n) is 1.34. The number of thiocarbonyl (C=S) groups is 1. The highest BCUT2D eigenvalue weighted by molar-refractivity contribution is 9.10. The normalized spacial score (nSPS) is 10.5. The van der Waals surface area contributed by atoms with Gasteiger partial charge in [-0.05, 0) is 44.0 Å². The predicted molar refractivity (Wildman–Crippen MR) is 74.8 cm³/mol. The molecule has 0 saturated carbocycles. The molecule has 0 unspecified atom stereocenters. The Morgan fingerprint density at radius 3 is 2.65 bits per heavy atom. The molecule has 0 bridgehead atoms. The van der Waals surface area contributed by atoms with E-state index in [9.17, 15) is 4.39 Å². The van der Waals surface area contributed by atoms with Crippen molar-refractivity contribution in [3.63, 3.8) is 0 Å². The zero-order chi connectivity index (χ0) is 12.6. The van der Waals surface area contributed by atoms with Crippen LogP contribution in [0.3, 0.4) is 0 Å². The molecule has 88 valence electrons. The summed E-state index contributed by atoms with van der Waals surface area (Å²) in [6.45, 7) is 0. The summed E-state index contributed by atoms with van der Waals surface area (Å²) in [4.78, 5) is 0.143. The average molecular weight is 379 g/mol. The third-order valence-corrected chi connectivity index (χ3v) is 3.53. The third-order valence-electron chi connectivity index (χ3n) is 2.13. The average Bonchev–Trinajstić information content (AvgIpc) is 2.68. The van der Waals surface area contributed by atoms with Crippen LogP contribution in [0.4, 0.5) is 4.39 Å². The van der Waals surface area contributed by atoms with Gasteiger partial charge in [0.05, 0.1) is 15.1 Å². The summed E-state index contributed by atoms with van der Waals surface area (Å²) in [5, 5.41) is 4.01. The molecule has 0 radical (unpaired) electrons. The van der Waals surface area contributed by atoms with Gasteiger partial charge in [-0.25, -0.2) is 9.07 Å². The van der Waals surface area contributed by atoms with Gasteiger partial charge in [-0.2, -0.15) is 5.10 Å². The van der Waals surface area contributed by atoms with E-state index in [2.05, 4.69) is 37.0 Å². The summed E-state index contributed by atoms with van der Waals surface area (Å²) in [5.41, 5.74) is 6.27. The molecule has 1 heterocycles. The first-order valence-corrected chi connectivity index (χ1v) is 6.48. The Kier molecular flexibility index (Phi) is 3.60. The molecular weight excluding hydrogens is 373 g/mol. The summed E-state index contributed by atoms with van der Waals surface area (Å²) in [7, 11) is 0. The number of aromatic nitrogens is 2. The topological polar surface area (TPSA) is 43.8 Å². The Morgan fingerprint density at radius 2 is 2.12 bits per heavy atom. The molecular formula is C10H6Br2FN3S. The number of halogens is 3. The largest absolute Gasteiger partial charge is 0.389 e. The highest BCUT2D eigenvalue weighted by Gasteiger charge is 2.14. The molecule has 0 saturated heterocycles. The second-order valence-electron chi connectivity index (χ2n) is 3.23. The highest BCUT2D eigenvalue weighted by atomic mass is 79.9. The van der Waals surface area contributed by atoms with Crippen molar-refractivity contribution in [2.45, 2.75) is 0 Å². The minimum atomic E-state index is -0.453. The van der Waals surface area contributed by atoms with E-state index < -0.39 is 5.82 Å². The summed E-state index contributed by atoms with van der Waals surface area (Å²) in [5.74, 6) is -0.453. The Balaban J connectivity index is 2.58. The predicted octanol–water partition coefficient (Wildman–Crippen LogP) is 3.17. The van der Waals surface area contributed by atoms with E-state index in [0.29, 0.717) is 11.3 Å². The fraction of sp³-hybridized carbons (Fsp3) is 0. The summed E-state index contributed by atoms with van der Waals surface area (Å²) < 4.78 is 16.5. The third kappa shape index (κ3) is 2.41. The number of hydrogen-bond donors (Lipinski definition) is 1. The van der Waals surface area contributed by atoms with Crippen LogP contribution < -0.4 is 5.73 Å². The van der Waals surface area contributed by atoms with Crippen molar-refractivity contribution in [2.75, 3.05) is 0 Å². The van der Waals surface area contributed by atoms with Crippen LogP contribution in [0.15, 0.2) is 33.5 Å². The summed E-state index contributed by atoms with van der Waals surface area (Å²) >= 11 is 11.2.